The van der Waals surface area contributed by atoms with Crippen LogP contribution in [0.4, 0.5) is 0 Å². The van der Waals surface area contributed by atoms with E-state index in [9.17, 15) is 0 Å². The Labute approximate surface area is 132 Å². The third-order valence-corrected chi connectivity index (χ3v) is 4.60. The molecular formula is C16H18BrNOS. The van der Waals surface area contributed by atoms with Crippen molar-refractivity contribution in [1.82, 2.24) is 0 Å². The maximum Gasteiger partial charge on any atom is 0.122 e. The van der Waals surface area contributed by atoms with Crippen LogP contribution in [0.15, 0.2) is 51.8 Å². The average Bonchev–Trinajstić information content (AvgIpc) is 2.45. The first-order valence-electron chi connectivity index (χ1n) is 6.41. The summed E-state index contributed by atoms with van der Waals surface area (Å²) in [7, 11) is 1.70. The normalized spacial score (nSPS) is 12.2. The fourth-order valence-electron chi connectivity index (χ4n) is 1.89. The maximum atomic E-state index is 5.85. The molecule has 2 aromatic rings. The highest BCUT2D eigenvalue weighted by Crippen LogP contribution is 2.30. The van der Waals surface area contributed by atoms with Gasteiger partial charge in [-0.3, -0.25) is 0 Å². The van der Waals surface area contributed by atoms with Gasteiger partial charge in [0.15, 0.2) is 0 Å². The number of halogens is 1. The Bertz CT molecular complexity index is 569. The SMILES string of the molecule is COc1ccc(Br)cc1CSc1ccc(C(C)N)cc1. The number of ether oxygens (including phenoxy) is 1. The molecule has 0 bridgehead atoms. The van der Waals surface area contributed by atoms with Gasteiger partial charge in [0.1, 0.15) is 5.75 Å². The zero-order valence-electron chi connectivity index (χ0n) is 11.6. The predicted octanol–water partition coefficient (Wildman–Crippen LogP) is 4.77. The summed E-state index contributed by atoms with van der Waals surface area (Å²) in [6.45, 7) is 1.99. The number of hydrogen-bond donors (Lipinski definition) is 1. The molecule has 0 amide bonds. The van der Waals surface area contributed by atoms with Crippen LogP contribution < -0.4 is 10.5 Å². The average molecular weight is 352 g/mol. The summed E-state index contributed by atoms with van der Waals surface area (Å²) in [5, 5.41) is 0. The second kappa shape index (κ2) is 7.16. The van der Waals surface area contributed by atoms with E-state index in [1.807, 2.05) is 19.1 Å². The van der Waals surface area contributed by atoms with Crippen LogP contribution in [-0.2, 0) is 5.75 Å². The molecule has 2 nitrogen and oxygen atoms in total. The number of thioether (sulfide) groups is 1. The first-order chi connectivity index (χ1) is 9.60. The summed E-state index contributed by atoms with van der Waals surface area (Å²) in [6.07, 6.45) is 0. The van der Waals surface area contributed by atoms with Crippen molar-refractivity contribution in [2.75, 3.05) is 7.11 Å². The lowest BCUT2D eigenvalue weighted by molar-refractivity contribution is 0.411. The van der Waals surface area contributed by atoms with Gasteiger partial charge in [-0.1, -0.05) is 28.1 Å². The highest BCUT2D eigenvalue weighted by atomic mass is 79.9. The summed E-state index contributed by atoms with van der Waals surface area (Å²) in [5.41, 5.74) is 8.20. The molecule has 0 saturated carbocycles. The van der Waals surface area contributed by atoms with Crippen molar-refractivity contribution in [3.05, 3.63) is 58.1 Å². The van der Waals surface area contributed by atoms with Crippen molar-refractivity contribution in [2.24, 2.45) is 5.73 Å². The molecule has 0 aliphatic carbocycles. The molecule has 0 fully saturated rings. The molecular weight excluding hydrogens is 334 g/mol. The number of benzene rings is 2. The van der Waals surface area contributed by atoms with Crippen molar-refractivity contribution >= 4 is 27.7 Å². The zero-order chi connectivity index (χ0) is 14.5. The first kappa shape index (κ1) is 15.4. The molecule has 1 unspecified atom stereocenters. The standard InChI is InChI=1S/C16H18BrNOS/c1-11(18)12-3-6-15(7-4-12)20-10-13-9-14(17)5-8-16(13)19-2/h3-9,11H,10,18H2,1-2H3. The number of rotatable bonds is 5. The second-order valence-corrected chi connectivity index (χ2v) is 6.57. The third-order valence-electron chi connectivity index (χ3n) is 3.04. The number of nitrogens with two attached hydrogens (primary N) is 1. The molecule has 106 valence electrons. The van der Waals surface area contributed by atoms with Gasteiger partial charge in [-0.25, -0.2) is 0 Å². The van der Waals surface area contributed by atoms with Crippen LogP contribution in [0.3, 0.4) is 0 Å². The monoisotopic (exact) mass is 351 g/mol. The quantitative estimate of drug-likeness (QED) is 0.788. The van der Waals surface area contributed by atoms with Crippen molar-refractivity contribution in [3.63, 3.8) is 0 Å². The van der Waals surface area contributed by atoms with E-state index in [1.54, 1.807) is 18.9 Å². The molecule has 4 heteroatoms. The summed E-state index contributed by atoms with van der Waals surface area (Å²) in [4.78, 5) is 1.23. The van der Waals surface area contributed by atoms with E-state index < -0.39 is 0 Å². The predicted molar refractivity (Wildman–Crippen MR) is 89.3 cm³/mol. The van der Waals surface area contributed by atoms with Gasteiger partial charge in [0.25, 0.3) is 0 Å². The highest BCUT2D eigenvalue weighted by molar-refractivity contribution is 9.10. The lowest BCUT2D eigenvalue weighted by Crippen LogP contribution is -2.04. The minimum atomic E-state index is 0.0826. The molecule has 0 aliphatic rings. The van der Waals surface area contributed by atoms with E-state index in [0.717, 1.165) is 21.5 Å². The minimum absolute atomic E-state index is 0.0826. The fraction of sp³-hybridized carbons (Fsp3) is 0.250. The largest absolute Gasteiger partial charge is 0.496 e. The third kappa shape index (κ3) is 4.01. The molecule has 0 aliphatic heterocycles. The zero-order valence-corrected chi connectivity index (χ0v) is 14.0. The Kier molecular flexibility index (Phi) is 5.52. The second-order valence-electron chi connectivity index (χ2n) is 4.60. The fourth-order valence-corrected chi connectivity index (χ4v) is 3.17. The Morgan fingerprint density at radius 3 is 2.50 bits per heavy atom. The lowest BCUT2D eigenvalue weighted by Gasteiger charge is -2.10. The summed E-state index contributed by atoms with van der Waals surface area (Å²) in [5.74, 6) is 1.80. The summed E-state index contributed by atoms with van der Waals surface area (Å²) < 4.78 is 6.46. The van der Waals surface area contributed by atoms with Crippen LogP contribution in [0.2, 0.25) is 0 Å². The number of hydrogen-bond acceptors (Lipinski definition) is 3. The van der Waals surface area contributed by atoms with E-state index >= 15 is 0 Å². The van der Waals surface area contributed by atoms with Crippen molar-refractivity contribution in [2.45, 2.75) is 23.6 Å². The lowest BCUT2D eigenvalue weighted by atomic mass is 10.1. The molecule has 0 heterocycles. The van der Waals surface area contributed by atoms with Crippen molar-refractivity contribution < 1.29 is 4.74 Å². The Morgan fingerprint density at radius 1 is 1.20 bits per heavy atom. The van der Waals surface area contributed by atoms with Gasteiger partial charge in [-0.05, 0) is 42.8 Å². The molecule has 2 N–H and O–H groups in total. The highest BCUT2D eigenvalue weighted by Gasteiger charge is 2.05. The van der Waals surface area contributed by atoms with Crippen LogP contribution in [0.1, 0.15) is 24.1 Å². The summed E-state index contributed by atoms with van der Waals surface area (Å²) in [6, 6.07) is 14.6. The van der Waals surface area contributed by atoms with E-state index in [4.69, 9.17) is 10.5 Å². The van der Waals surface area contributed by atoms with Gasteiger partial charge in [0.2, 0.25) is 0 Å². The van der Waals surface area contributed by atoms with Crippen molar-refractivity contribution in [1.29, 1.82) is 0 Å². The van der Waals surface area contributed by atoms with Crippen LogP contribution >= 0.6 is 27.7 Å². The minimum Gasteiger partial charge on any atom is -0.496 e. The van der Waals surface area contributed by atoms with E-state index in [0.29, 0.717) is 0 Å². The maximum absolute atomic E-state index is 5.85. The van der Waals surface area contributed by atoms with Crippen molar-refractivity contribution in [3.8, 4) is 5.75 Å². The number of methoxy groups -OCH3 is 1. The Hall–Kier alpha value is -0.970. The molecule has 1 atom stereocenters. The molecule has 0 spiro atoms. The van der Waals surface area contributed by atoms with Crippen LogP contribution in [0.25, 0.3) is 0 Å². The van der Waals surface area contributed by atoms with Gasteiger partial charge in [0.05, 0.1) is 7.11 Å². The molecule has 2 rings (SSSR count). The van der Waals surface area contributed by atoms with Crippen LogP contribution in [0.5, 0.6) is 5.75 Å². The van der Waals surface area contributed by atoms with Crippen LogP contribution in [-0.4, -0.2) is 7.11 Å². The molecule has 2 aromatic carbocycles. The Morgan fingerprint density at radius 2 is 1.90 bits per heavy atom. The van der Waals surface area contributed by atoms with Gasteiger partial charge in [0, 0.05) is 26.7 Å². The molecule has 0 aromatic heterocycles. The van der Waals surface area contributed by atoms with Gasteiger partial charge in [-0.15, -0.1) is 11.8 Å². The molecule has 0 radical (unpaired) electrons. The van der Waals surface area contributed by atoms with E-state index in [1.165, 1.54) is 10.5 Å². The van der Waals surface area contributed by atoms with E-state index in [-0.39, 0.29) is 6.04 Å². The van der Waals surface area contributed by atoms with Gasteiger partial charge >= 0.3 is 0 Å². The molecule has 0 saturated heterocycles. The van der Waals surface area contributed by atoms with Gasteiger partial charge in [-0.2, -0.15) is 0 Å². The first-order valence-corrected chi connectivity index (χ1v) is 8.19. The smallest absolute Gasteiger partial charge is 0.122 e. The topological polar surface area (TPSA) is 35.2 Å². The van der Waals surface area contributed by atoms with E-state index in [2.05, 4.69) is 46.3 Å². The molecule has 20 heavy (non-hydrogen) atoms. The van der Waals surface area contributed by atoms with Gasteiger partial charge < -0.3 is 10.5 Å². The summed E-state index contributed by atoms with van der Waals surface area (Å²) >= 11 is 5.29. The van der Waals surface area contributed by atoms with Crippen LogP contribution in [0, 0.1) is 0 Å². The Balaban J connectivity index is 2.06.